The third-order valence-corrected chi connectivity index (χ3v) is 2.92. The molecule has 0 saturated heterocycles. The van der Waals surface area contributed by atoms with Crippen molar-refractivity contribution in [1.29, 1.82) is 0 Å². The number of hydrogen-bond acceptors (Lipinski definition) is 2. The van der Waals surface area contributed by atoms with Crippen LogP contribution in [0.5, 0.6) is 5.75 Å². The Labute approximate surface area is 107 Å². The number of fused-ring (bicyclic) bond motifs is 1. The van der Waals surface area contributed by atoms with Gasteiger partial charge >= 0.3 is 0 Å². The van der Waals surface area contributed by atoms with Crippen LogP contribution in [0.25, 0.3) is 16.3 Å². The quantitative estimate of drug-likeness (QED) is 0.762. The lowest BCUT2D eigenvalue weighted by Gasteiger charge is -2.06. The van der Waals surface area contributed by atoms with Gasteiger partial charge in [-0.1, -0.05) is 18.2 Å². The molecule has 0 spiro atoms. The molecule has 2 nitrogen and oxygen atoms in total. The first-order chi connectivity index (χ1) is 8.60. The van der Waals surface area contributed by atoms with E-state index in [1.54, 1.807) is 20.1 Å². The van der Waals surface area contributed by atoms with Crippen LogP contribution in [-0.2, 0) is 4.79 Å². The zero-order valence-corrected chi connectivity index (χ0v) is 10.9. The second-order valence-corrected chi connectivity index (χ2v) is 4.37. The molecule has 0 bridgehead atoms. The highest BCUT2D eigenvalue weighted by molar-refractivity contribution is 5.96. The number of benzene rings is 2. The van der Waals surface area contributed by atoms with Crippen LogP contribution >= 0.6 is 0 Å². The number of rotatable bonds is 3. The van der Waals surface area contributed by atoms with Crippen LogP contribution in [0, 0.1) is 0 Å². The molecule has 0 N–H and O–H groups in total. The van der Waals surface area contributed by atoms with E-state index in [9.17, 15) is 4.79 Å². The van der Waals surface area contributed by atoms with Crippen LogP contribution in [0.4, 0.5) is 0 Å². The molecule has 0 aromatic heterocycles. The first kappa shape index (κ1) is 12.4. The van der Waals surface area contributed by atoms with E-state index >= 15 is 0 Å². The fourth-order valence-electron chi connectivity index (χ4n) is 1.98. The molecule has 0 radical (unpaired) electrons. The zero-order valence-electron chi connectivity index (χ0n) is 10.9. The van der Waals surface area contributed by atoms with Crippen LogP contribution in [0.2, 0.25) is 0 Å². The maximum Gasteiger partial charge on any atom is 0.152 e. The lowest BCUT2D eigenvalue weighted by molar-refractivity contribution is -0.112. The van der Waals surface area contributed by atoms with Gasteiger partial charge in [0.15, 0.2) is 5.78 Å². The van der Waals surface area contributed by atoms with Gasteiger partial charge in [-0.25, -0.2) is 0 Å². The van der Waals surface area contributed by atoms with E-state index in [2.05, 4.69) is 6.07 Å². The molecule has 0 heterocycles. The molecule has 0 aliphatic heterocycles. The highest BCUT2D eigenvalue weighted by Crippen LogP contribution is 2.24. The zero-order chi connectivity index (χ0) is 13.1. The third-order valence-electron chi connectivity index (χ3n) is 2.92. The second kappa shape index (κ2) is 5.05. The van der Waals surface area contributed by atoms with Crippen molar-refractivity contribution < 1.29 is 9.53 Å². The molecule has 0 atom stereocenters. The average Bonchev–Trinajstić information content (AvgIpc) is 2.36. The van der Waals surface area contributed by atoms with Crippen molar-refractivity contribution in [2.24, 2.45) is 0 Å². The summed E-state index contributed by atoms with van der Waals surface area (Å²) in [6.07, 6.45) is 1.66. The highest BCUT2D eigenvalue weighted by atomic mass is 16.5. The number of hydrogen-bond donors (Lipinski definition) is 0. The molecule has 0 amide bonds. The Morgan fingerprint density at radius 3 is 2.39 bits per heavy atom. The summed E-state index contributed by atoms with van der Waals surface area (Å²) in [6.45, 7) is 3.52. The van der Waals surface area contributed by atoms with Gasteiger partial charge in [0.1, 0.15) is 5.75 Å². The predicted octanol–water partition coefficient (Wildman–Crippen LogP) is 3.84. The molecule has 2 heteroatoms. The Balaban J connectivity index is 2.48. The number of carbonyl (C=O) groups excluding carboxylic acids is 1. The predicted molar refractivity (Wildman–Crippen MR) is 74.8 cm³/mol. The summed E-state index contributed by atoms with van der Waals surface area (Å²) < 4.78 is 5.20. The lowest BCUT2D eigenvalue weighted by Crippen LogP contribution is -1.87. The standard InChI is InChI=1S/C16H16O2/c1-11(8-12(2)17)13-4-5-15-10-16(18-3)7-6-14(15)9-13/h4-10H,1-3H3/b11-8+. The Bertz CT molecular complexity index is 624. The topological polar surface area (TPSA) is 26.3 Å². The molecular weight excluding hydrogens is 224 g/mol. The Hall–Kier alpha value is -2.09. The Morgan fingerprint density at radius 1 is 1.06 bits per heavy atom. The molecule has 18 heavy (non-hydrogen) atoms. The smallest absolute Gasteiger partial charge is 0.152 e. The summed E-state index contributed by atoms with van der Waals surface area (Å²) in [5.74, 6) is 0.925. The largest absolute Gasteiger partial charge is 0.497 e. The van der Waals surface area contributed by atoms with Crippen molar-refractivity contribution in [2.45, 2.75) is 13.8 Å². The molecule has 0 aliphatic carbocycles. The van der Waals surface area contributed by atoms with Gasteiger partial charge in [-0.15, -0.1) is 0 Å². The normalized spacial score (nSPS) is 11.6. The number of ether oxygens (including phenoxy) is 1. The van der Waals surface area contributed by atoms with Gasteiger partial charge in [0, 0.05) is 0 Å². The Morgan fingerprint density at radius 2 is 1.72 bits per heavy atom. The minimum atomic E-state index is 0.0716. The molecule has 92 valence electrons. The van der Waals surface area contributed by atoms with Crippen molar-refractivity contribution in [3.63, 3.8) is 0 Å². The van der Waals surface area contributed by atoms with Crippen LogP contribution < -0.4 is 4.74 Å². The van der Waals surface area contributed by atoms with Crippen LogP contribution in [-0.4, -0.2) is 12.9 Å². The number of methoxy groups -OCH3 is 1. The first-order valence-electron chi connectivity index (χ1n) is 5.87. The SMILES string of the molecule is COc1ccc2cc(/C(C)=C/C(C)=O)ccc2c1. The molecule has 2 rings (SSSR count). The summed E-state index contributed by atoms with van der Waals surface area (Å²) in [7, 11) is 1.66. The molecular formula is C16H16O2. The minimum Gasteiger partial charge on any atom is -0.497 e. The third kappa shape index (κ3) is 2.59. The summed E-state index contributed by atoms with van der Waals surface area (Å²) in [5.41, 5.74) is 2.06. The lowest BCUT2D eigenvalue weighted by atomic mass is 10.0. The minimum absolute atomic E-state index is 0.0716. The van der Waals surface area contributed by atoms with E-state index in [1.165, 1.54) is 0 Å². The maximum atomic E-state index is 11.1. The molecule has 0 fully saturated rings. The Kier molecular flexibility index (Phi) is 3.47. The summed E-state index contributed by atoms with van der Waals surface area (Å²) in [5, 5.41) is 2.28. The van der Waals surface area contributed by atoms with Gasteiger partial charge < -0.3 is 4.74 Å². The highest BCUT2D eigenvalue weighted by Gasteiger charge is 2.01. The van der Waals surface area contributed by atoms with Gasteiger partial charge in [-0.3, -0.25) is 4.79 Å². The van der Waals surface area contributed by atoms with Crippen molar-refractivity contribution >= 4 is 22.1 Å². The van der Waals surface area contributed by atoms with Gasteiger partial charge in [0.05, 0.1) is 7.11 Å². The number of ketones is 1. The fourth-order valence-corrected chi connectivity index (χ4v) is 1.98. The van der Waals surface area contributed by atoms with Crippen molar-refractivity contribution in [2.75, 3.05) is 7.11 Å². The first-order valence-corrected chi connectivity index (χ1v) is 5.87. The average molecular weight is 240 g/mol. The summed E-state index contributed by atoms with van der Waals surface area (Å²) in [6, 6.07) is 12.1. The number of carbonyl (C=O) groups is 1. The molecule has 2 aromatic carbocycles. The van der Waals surface area contributed by atoms with Crippen molar-refractivity contribution in [3.05, 3.63) is 48.0 Å². The van der Waals surface area contributed by atoms with Gasteiger partial charge in [0.2, 0.25) is 0 Å². The van der Waals surface area contributed by atoms with E-state index < -0.39 is 0 Å². The van der Waals surface area contributed by atoms with E-state index in [4.69, 9.17) is 4.74 Å². The van der Waals surface area contributed by atoms with Crippen molar-refractivity contribution in [1.82, 2.24) is 0 Å². The molecule has 0 saturated carbocycles. The van der Waals surface area contributed by atoms with Crippen LogP contribution in [0.1, 0.15) is 19.4 Å². The maximum absolute atomic E-state index is 11.1. The van der Waals surface area contributed by atoms with E-state index in [0.29, 0.717) is 0 Å². The monoisotopic (exact) mass is 240 g/mol. The van der Waals surface area contributed by atoms with Gasteiger partial charge in [-0.2, -0.15) is 0 Å². The molecule has 0 aliphatic rings. The van der Waals surface area contributed by atoms with Crippen molar-refractivity contribution in [3.8, 4) is 5.75 Å². The van der Waals surface area contributed by atoms with Crippen LogP contribution in [0.15, 0.2) is 42.5 Å². The van der Waals surface area contributed by atoms with Crippen LogP contribution in [0.3, 0.4) is 0 Å². The second-order valence-electron chi connectivity index (χ2n) is 4.37. The molecule has 0 unspecified atom stereocenters. The van der Waals surface area contributed by atoms with Gasteiger partial charge in [-0.05, 0) is 60.0 Å². The van der Waals surface area contributed by atoms with E-state index in [-0.39, 0.29) is 5.78 Å². The van der Waals surface area contributed by atoms with E-state index in [1.807, 2.05) is 37.3 Å². The molecule has 2 aromatic rings. The van der Waals surface area contributed by atoms with E-state index in [0.717, 1.165) is 27.7 Å². The number of allylic oxidation sites excluding steroid dienone is 2. The van der Waals surface area contributed by atoms with Gasteiger partial charge in [0.25, 0.3) is 0 Å². The summed E-state index contributed by atoms with van der Waals surface area (Å²) >= 11 is 0. The fraction of sp³-hybridized carbons (Fsp3) is 0.188. The summed E-state index contributed by atoms with van der Waals surface area (Å²) in [4.78, 5) is 11.1.